The van der Waals surface area contributed by atoms with Crippen molar-refractivity contribution < 1.29 is 9.90 Å². The summed E-state index contributed by atoms with van der Waals surface area (Å²) in [6.07, 6.45) is 4.41. The van der Waals surface area contributed by atoms with Crippen molar-refractivity contribution in [3.63, 3.8) is 0 Å². The summed E-state index contributed by atoms with van der Waals surface area (Å²) < 4.78 is 1.82. The van der Waals surface area contributed by atoms with Gasteiger partial charge in [-0.3, -0.25) is 14.4 Å². The number of amides is 1. The van der Waals surface area contributed by atoms with Crippen molar-refractivity contribution in [2.75, 3.05) is 32.8 Å². The molecule has 2 aromatic rings. The molecule has 2 saturated heterocycles. The Morgan fingerprint density at radius 1 is 1.38 bits per heavy atom. The molecule has 2 fully saturated rings. The zero-order valence-electron chi connectivity index (χ0n) is 17.6. The maximum atomic E-state index is 13.3. The first-order valence-corrected chi connectivity index (χ1v) is 10.6. The molecule has 158 valence electrons. The van der Waals surface area contributed by atoms with E-state index in [-0.39, 0.29) is 23.8 Å². The fourth-order valence-electron chi connectivity index (χ4n) is 4.97. The summed E-state index contributed by atoms with van der Waals surface area (Å²) in [5.41, 5.74) is 2.49. The van der Waals surface area contributed by atoms with E-state index in [9.17, 15) is 9.90 Å². The molecule has 0 aliphatic carbocycles. The second-order valence-corrected chi connectivity index (χ2v) is 9.08. The molecule has 8 nitrogen and oxygen atoms in total. The summed E-state index contributed by atoms with van der Waals surface area (Å²) in [5.74, 6) is 0.826. The number of carbonyl (C=O) groups is 1. The van der Waals surface area contributed by atoms with Crippen LogP contribution in [-0.2, 0) is 19.5 Å². The van der Waals surface area contributed by atoms with Crippen molar-refractivity contribution in [3.8, 4) is 0 Å². The highest BCUT2D eigenvalue weighted by atomic mass is 16.3. The Hall–Kier alpha value is -2.19. The van der Waals surface area contributed by atoms with Crippen LogP contribution in [0, 0.1) is 17.3 Å². The molecule has 2 aliphatic heterocycles. The number of aromatic amines is 1. The van der Waals surface area contributed by atoms with Gasteiger partial charge in [-0.25, -0.2) is 4.98 Å². The quantitative estimate of drug-likeness (QED) is 0.733. The average Bonchev–Trinajstić information content (AvgIpc) is 3.43. The lowest BCUT2D eigenvalue weighted by molar-refractivity contribution is 0.0707. The molecule has 2 unspecified atom stereocenters. The first-order chi connectivity index (χ1) is 13.9. The zero-order valence-corrected chi connectivity index (χ0v) is 17.6. The Bertz CT molecular complexity index is 845. The van der Waals surface area contributed by atoms with Crippen LogP contribution >= 0.6 is 0 Å². The Morgan fingerprint density at radius 2 is 2.21 bits per heavy atom. The number of nitrogens with one attached hydrogen (secondary N) is 1. The van der Waals surface area contributed by atoms with Gasteiger partial charge in [0.25, 0.3) is 5.91 Å². The molecule has 0 radical (unpaired) electrons. The minimum absolute atomic E-state index is 0.0386. The van der Waals surface area contributed by atoms with Crippen molar-refractivity contribution >= 4 is 5.91 Å². The minimum atomic E-state index is -0.243. The van der Waals surface area contributed by atoms with Gasteiger partial charge in [0.2, 0.25) is 0 Å². The number of H-pyrrole nitrogens is 1. The number of carbonyl (C=O) groups excluding carboxylic acids is 1. The van der Waals surface area contributed by atoms with E-state index in [0.717, 1.165) is 37.4 Å². The second-order valence-electron chi connectivity index (χ2n) is 9.08. The normalized spacial score (nSPS) is 24.6. The summed E-state index contributed by atoms with van der Waals surface area (Å²) in [4.78, 5) is 24.8. The maximum Gasteiger partial charge on any atom is 0.272 e. The highest BCUT2D eigenvalue weighted by Gasteiger charge is 2.53. The Kier molecular flexibility index (Phi) is 5.48. The van der Waals surface area contributed by atoms with Gasteiger partial charge in [0.1, 0.15) is 5.69 Å². The van der Waals surface area contributed by atoms with E-state index in [1.807, 2.05) is 28.8 Å². The lowest BCUT2D eigenvalue weighted by atomic mass is 9.82. The lowest BCUT2D eigenvalue weighted by Crippen LogP contribution is -2.39. The Labute approximate surface area is 171 Å². The van der Waals surface area contributed by atoms with Crippen molar-refractivity contribution in [2.45, 2.75) is 40.3 Å². The molecule has 2 N–H and O–H groups in total. The van der Waals surface area contributed by atoms with Gasteiger partial charge in [-0.2, -0.15) is 5.10 Å². The van der Waals surface area contributed by atoms with Crippen LogP contribution in [0.4, 0.5) is 0 Å². The van der Waals surface area contributed by atoms with E-state index in [4.69, 9.17) is 0 Å². The number of aryl methyl sites for hydroxylation is 1. The number of imidazole rings is 1. The van der Waals surface area contributed by atoms with E-state index in [2.05, 4.69) is 33.8 Å². The largest absolute Gasteiger partial charge is 0.396 e. The topological polar surface area (TPSA) is 90.3 Å². The van der Waals surface area contributed by atoms with Crippen molar-refractivity contribution in [1.29, 1.82) is 0 Å². The third-order valence-corrected chi connectivity index (χ3v) is 6.35. The SMILES string of the molecule is CCn1nc(CC(C)C)cc1C(=O)N1CC2CN(Cc3cnc[nH]3)CC2(CO)C1. The van der Waals surface area contributed by atoms with Crippen LogP contribution in [0.2, 0.25) is 0 Å². The number of aliphatic hydroxyl groups excluding tert-OH is 1. The fourth-order valence-corrected chi connectivity index (χ4v) is 4.97. The van der Waals surface area contributed by atoms with Crippen LogP contribution in [0.5, 0.6) is 0 Å². The van der Waals surface area contributed by atoms with Gasteiger partial charge in [-0.1, -0.05) is 13.8 Å². The third kappa shape index (κ3) is 3.83. The van der Waals surface area contributed by atoms with E-state index >= 15 is 0 Å². The predicted octanol–water partition coefficient (Wildman–Crippen LogP) is 1.39. The van der Waals surface area contributed by atoms with E-state index < -0.39 is 0 Å². The number of likely N-dealkylation sites (tertiary alicyclic amines) is 2. The Morgan fingerprint density at radius 3 is 2.83 bits per heavy atom. The van der Waals surface area contributed by atoms with Gasteiger partial charge in [0.05, 0.1) is 18.6 Å². The molecule has 0 saturated carbocycles. The molecule has 8 heteroatoms. The van der Waals surface area contributed by atoms with Gasteiger partial charge in [0.15, 0.2) is 0 Å². The van der Waals surface area contributed by atoms with E-state index in [1.165, 1.54) is 0 Å². The fraction of sp³-hybridized carbons (Fsp3) is 0.667. The summed E-state index contributed by atoms with van der Waals surface area (Å²) in [6.45, 7) is 10.9. The highest BCUT2D eigenvalue weighted by Crippen LogP contribution is 2.43. The third-order valence-electron chi connectivity index (χ3n) is 6.35. The maximum absolute atomic E-state index is 13.3. The van der Waals surface area contributed by atoms with Crippen molar-refractivity contribution in [2.24, 2.45) is 17.3 Å². The monoisotopic (exact) mass is 400 g/mol. The number of rotatable bonds is 7. The van der Waals surface area contributed by atoms with Crippen LogP contribution in [0.25, 0.3) is 0 Å². The van der Waals surface area contributed by atoms with Crippen LogP contribution in [0.15, 0.2) is 18.6 Å². The molecule has 2 aliphatic rings. The van der Waals surface area contributed by atoms with Crippen LogP contribution < -0.4 is 0 Å². The molecule has 4 rings (SSSR count). The number of fused-ring (bicyclic) bond motifs is 1. The molecule has 29 heavy (non-hydrogen) atoms. The molecule has 0 spiro atoms. The zero-order chi connectivity index (χ0) is 20.6. The molecule has 4 heterocycles. The van der Waals surface area contributed by atoms with Crippen molar-refractivity contribution in [3.05, 3.63) is 35.7 Å². The summed E-state index contributed by atoms with van der Waals surface area (Å²) in [5, 5.41) is 14.9. The number of aromatic nitrogens is 4. The van der Waals surface area contributed by atoms with Gasteiger partial charge in [-0.15, -0.1) is 0 Å². The lowest BCUT2D eigenvalue weighted by Gasteiger charge is -2.27. The highest BCUT2D eigenvalue weighted by molar-refractivity contribution is 5.93. The van der Waals surface area contributed by atoms with E-state index in [1.54, 1.807) is 6.33 Å². The number of hydrogen-bond acceptors (Lipinski definition) is 5. The number of nitrogens with zero attached hydrogens (tertiary/aromatic N) is 5. The Balaban J connectivity index is 1.47. The minimum Gasteiger partial charge on any atom is -0.396 e. The summed E-state index contributed by atoms with van der Waals surface area (Å²) >= 11 is 0. The molecule has 2 atom stereocenters. The molecule has 0 bridgehead atoms. The predicted molar refractivity (Wildman–Crippen MR) is 109 cm³/mol. The van der Waals surface area contributed by atoms with Gasteiger partial charge >= 0.3 is 0 Å². The first-order valence-electron chi connectivity index (χ1n) is 10.6. The first kappa shape index (κ1) is 20.1. The molecular formula is C21H32N6O2. The smallest absolute Gasteiger partial charge is 0.272 e. The van der Waals surface area contributed by atoms with Crippen molar-refractivity contribution in [1.82, 2.24) is 29.5 Å². The average molecular weight is 401 g/mol. The number of hydrogen-bond donors (Lipinski definition) is 2. The summed E-state index contributed by atoms with van der Waals surface area (Å²) in [7, 11) is 0. The standard InChI is InChI=1S/C21H32N6O2/c1-4-27-19(6-17(24-27)5-15(2)3)20(29)26-9-16-8-25(10-18-7-22-14-23-18)11-21(16,12-26)13-28/h6-7,14-16,28H,4-5,8-13H2,1-3H3,(H,22,23). The van der Waals surface area contributed by atoms with Gasteiger partial charge in [-0.05, 0) is 31.2 Å². The molecule has 2 aromatic heterocycles. The van der Waals surface area contributed by atoms with Crippen LogP contribution in [0.1, 0.15) is 42.6 Å². The number of aliphatic hydroxyl groups is 1. The summed E-state index contributed by atoms with van der Waals surface area (Å²) in [6, 6.07) is 1.95. The van der Waals surface area contributed by atoms with Crippen LogP contribution in [-0.4, -0.2) is 73.3 Å². The molecular weight excluding hydrogens is 368 g/mol. The van der Waals surface area contributed by atoms with Crippen LogP contribution in [0.3, 0.4) is 0 Å². The second kappa shape index (κ2) is 7.91. The van der Waals surface area contributed by atoms with Gasteiger partial charge in [0, 0.05) is 56.6 Å². The molecule has 0 aromatic carbocycles. The van der Waals surface area contributed by atoms with Gasteiger partial charge < -0.3 is 15.0 Å². The van der Waals surface area contributed by atoms with E-state index in [0.29, 0.717) is 31.2 Å². The molecule has 1 amide bonds.